The van der Waals surface area contributed by atoms with Crippen molar-refractivity contribution in [3.63, 3.8) is 0 Å². The average molecular weight is 554 g/mol. The number of carbonyl (C=O) groups excluding carboxylic acids is 2. The number of aromatic nitrogens is 1. The third kappa shape index (κ3) is 4.75. The second-order valence-corrected chi connectivity index (χ2v) is 9.70. The standard InChI is InChI=1S/C29H29F2N3O6/c1-3-33-27(37)23-25(40-16-18-7-5-4-6-8-18)24(35)21(15-34(23)29(28(33)38-2)11-12-39-17-29)26(36)32-14-19-9-10-20(30)13-22(19)31/h4-10,13,15,28H,3,11-12,14,16-17H2,1-2H3,(H,32,36). The minimum Gasteiger partial charge on any atom is -0.483 e. The minimum atomic E-state index is -0.926. The predicted molar refractivity (Wildman–Crippen MR) is 140 cm³/mol. The normalized spacial score (nSPS) is 20.1. The Morgan fingerprint density at radius 2 is 1.95 bits per heavy atom. The van der Waals surface area contributed by atoms with Crippen molar-refractivity contribution >= 4 is 11.8 Å². The molecule has 2 aromatic carbocycles. The molecule has 1 N–H and O–H groups in total. The Morgan fingerprint density at radius 3 is 2.60 bits per heavy atom. The van der Waals surface area contributed by atoms with Gasteiger partial charge >= 0.3 is 0 Å². The molecule has 9 nitrogen and oxygen atoms in total. The van der Waals surface area contributed by atoms with E-state index in [1.165, 1.54) is 24.3 Å². The third-order valence-electron chi connectivity index (χ3n) is 7.37. The largest absolute Gasteiger partial charge is 0.483 e. The number of halogens is 2. The zero-order chi connectivity index (χ0) is 28.4. The van der Waals surface area contributed by atoms with Gasteiger partial charge in [0.15, 0.2) is 17.7 Å². The third-order valence-corrected chi connectivity index (χ3v) is 7.37. The van der Waals surface area contributed by atoms with Gasteiger partial charge in [-0.3, -0.25) is 14.4 Å². The van der Waals surface area contributed by atoms with Gasteiger partial charge in [0.05, 0.1) is 6.61 Å². The number of likely N-dealkylation sites (N-methyl/N-ethyl adjacent to an activating group) is 1. The van der Waals surface area contributed by atoms with Crippen LogP contribution in [0.5, 0.6) is 5.75 Å². The van der Waals surface area contributed by atoms with Crippen LogP contribution in [0, 0.1) is 11.6 Å². The average Bonchev–Trinajstić information content (AvgIpc) is 3.44. The Balaban J connectivity index is 1.62. The summed E-state index contributed by atoms with van der Waals surface area (Å²) in [6.45, 7) is 2.35. The maximum Gasteiger partial charge on any atom is 0.276 e. The predicted octanol–water partition coefficient (Wildman–Crippen LogP) is 3.20. The van der Waals surface area contributed by atoms with E-state index in [9.17, 15) is 23.2 Å². The lowest BCUT2D eigenvalue weighted by molar-refractivity contribution is -0.105. The first-order valence-corrected chi connectivity index (χ1v) is 12.9. The van der Waals surface area contributed by atoms with Gasteiger partial charge in [0.1, 0.15) is 29.3 Å². The van der Waals surface area contributed by atoms with Crippen molar-refractivity contribution in [1.82, 2.24) is 14.8 Å². The number of fused-ring (bicyclic) bond motifs is 2. The smallest absolute Gasteiger partial charge is 0.276 e. The van der Waals surface area contributed by atoms with Crippen LogP contribution in [0.4, 0.5) is 8.78 Å². The van der Waals surface area contributed by atoms with E-state index in [0.29, 0.717) is 25.6 Å². The molecule has 2 amide bonds. The van der Waals surface area contributed by atoms with E-state index < -0.39 is 40.6 Å². The molecule has 1 aromatic heterocycles. The monoisotopic (exact) mass is 553 g/mol. The number of pyridine rings is 1. The van der Waals surface area contributed by atoms with Crippen molar-refractivity contribution in [1.29, 1.82) is 0 Å². The van der Waals surface area contributed by atoms with E-state index in [4.69, 9.17) is 14.2 Å². The summed E-state index contributed by atoms with van der Waals surface area (Å²) in [4.78, 5) is 42.4. The Bertz CT molecular complexity index is 1490. The summed E-state index contributed by atoms with van der Waals surface area (Å²) in [5.41, 5.74) is -1.21. The molecule has 40 heavy (non-hydrogen) atoms. The lowest BCUT2D eigenvalue weighted by atomic mass is 9.90. The first-order valence-electron chi connectivity index (χ1n) is 12.9. The van der Waals surface area contributed by atoms with E-state index in [1.54, 1.807) is 4.57 Å². The number of nitrogens with zero attached hydrogens (tertiary/aromatic N) is 2. The first-order chi connectivity index (χ1) is 19.3. The molecule has 2 aliphatic rings. The molecule has 2 unspecified atom stereocenters. The number of ether oxygens (including phenoxy) is 3. The van der Waals surface area contributed by atoms with Gasteiger partial charge in [0.25, 0.3) is 11.8 Å². The maximum absolute atomic E-state index is 14.2. The van der Waals surface area contributed by atoms with Crippen LogP contribution in [0.1, 0.15) is 45.3 Å². The molecule has 2 atom stereocenters. The SMILES string of the molecule is CCN1C(=O)c2c(OCc3ccccc3)c(=O)c(C(=O)NCc3ccc(F)cc3F)cn2C2(CCOC2)C1OC. The van der Waals surface area contributed by atoms with E-state index >= 15 is 0 Å². The zero-order valence-electron chi connectivity index (χ0n) is 22.1. The summed E-state index contributed by atoms with van der Waals surface area (Å²) in [5, 5.41) is 2.53. The summed E-state index contributed by atoms with van der Waals surface area (Å²) in [7, 11) is 1.49. The van der Waals surface area contributed by atoms with Gasteiger partial charge in [-0.25, -0.2) is 8.78 Å². The van der Waals surface area contributed by atoms with E-state index in [0.717, 1.165) is 11.6 Å². The number of amides is 2. The van der Waals surface area contributed by atoms with Crippen LogP contribution in [0.15, 0.2) is 59.5 Å². The Kier molecular flexibility index (Phi) is 7.68. The van der Waals surface area contributed by atoms with Crippen LogP contribution in [-0.4, -0.2) is 54.4 Å². The molecule has 1 spiro atoms. The Morgan fingerprint density at radius 1 is 1.18 bits per heavy atom. The molecule has 0 aliphatic carbocycles. The van der Waals surface area contributed by atoms with Crippen LogP contribution in [-0.2, 0) is 28.2 Å². The zero-order valence-corrected chi connectivity index (χ0v) is 22.1. The lowest BCUT2D eigenvalue weighted by Crippen LogP contribution is -2.63. The molecule has 2 aliphatic heterocycles. The van der Waals surface area contributed by atoms with Crippen molar-refractivity contribution in [2.45, 2.75) is 38.3 Å². The molecule has 0 radical (unpaired) electrons. The van der Waals surface area contributed by atoms with Crippen molar-refractivity contribution < 1.29 is 32.6 Å². The van der Waals surface area contributed by atoms with E-state index in [2.05, 4.69) is 5.32 Å². The molecule has 1 fully saturated rings. The number of methoxy groups -OCH3 is 1. The molecule has 1 saturated heterocycles. The summed E-state index contributed by atoms with van der Waals surface area (Å²) in [5.74, 6) is -3.13. The second kappa shape index (κ2) is 11.2. The van der Waals surface area contributed by atoms with Crippen LogP contribution in [0.2, 0.25) is 0 Å². The van der Waals surface area contributed by atoms with Gasteiger partial charge in [0.2, 0.25) is 5.43 Å². The highest BCUT2D eigenvalue weighted by atomic mass is 19.1. The number of carbonyl (C=O) groups is 2. The molecule has 0 saturated carbocycles. The molecule has 11 heteroatoms. The second-order valence-electron chi connectivity index (χ2n) is 9.70. The molecule has 3 heterocycles. The van der Waals surface area contributed by atoms with Gasteiger partial charge in [-0.2, -0.15) is 0 Å². The quantitative estimate of drug-likeness (QED) is 0.460. The highest BCUT2D eigenvalue weighted by Gasteiger charge is 2.54. The van der Waals surface area contributed by atoms with Gasteiger partial charge in [-0.1, -0.05) is 36.4 Å². The number of nitrogens with one attached hydrogen (secondary N) is 1. The van der Waals surface area contributed by atoms with Gasteiger partial charge in [-0.15, -0.1) is 0 Å². The maximum atomic E-state index is 14.2. The summed E-state index contributed by atoms with van der Waals surface area (Å²) >= 11 is 0. The Labute approximate surface area is 229 Å². The minimum absolute atomic E-state index is 0.00251. The lowest BCUT2D eigenvalue weighted by Gasteiger charge is -2.48. The van der Waals surface area contributed by atoms with Gasteiger partial charge < -0.3 is 29.0 Å². The van der Waals surface area contributed by atoms with Crippen LogP contribution in [0.3, 0.4) is 0 Å². The summed E-state index contributed by atoms with van der Waals surface area (Å²) < 4.78 is 46.6. The summed E-state index contributed by atoms with van der Waals surface area (Å²) in [6.07, 6.45) is 1.05. The molecule has 210 valence electrons. The van der Waals surface area contributed by atoms with Crippen LogP contribution < -0.4 is 15.5 Å². The first kappa shape index (κ1) is 27.5. The van der Waals surface area contributed by atoms with Crippen molar-refractivity contribution in [2.24, 2.45) is 0 Å². The highest BCUT2D eigenvalue weighted by molar-refractivity contribution is 5.99. The van der Waals surface area contributed by atoms with Crippen LogP contribution >= 0.6 is 0 Å². The fraction of sp³-hybridized carbons (Fsp3) is 0.345. The van der Waals surface area contributed by atoms with E-state index in [-0.39, 0.29) is 42.3 Å². The number of hydrogen-bond acceptors (Lipinski definition) is 6. The highest BCUT2D eigenvalue weighted by Crippen LogP contribution is 2.41. The van der Waals surface area contributed by atoms with Gasteiger partial charge in [0, 0.05) is 51.1 Å². The van der Waals surface area contributed by atoms with Gasteiger partial charge in [-0.05, 0) is 18.6 Å². The molecular weight excluding hydrogens is 524 g/mol. The Hall–Kier alpha value is -4.09. The fourth-order valence-corrected chi connectivity index (χ4v) is 5.37. The molecular formula is C29H29F2N3O6. The number of benzene rings is 2. The van der Waals surface area contributed by atoms with Crippen molar-refractivity contribution in [3.8, 4) is 5.75 Å². The molecule has 3 aromatic rings. The number of rotatable bonds is 8. The molecule has 5 rings (SSSR count). The van der Waals surface area contributed by atoms with Crippen LogP contribution in [0.25, 0.3) is 0 Å². The van der Waals surface area contributed by atoms with Crippen molar-refractivity contribution in [2.75, 3.05) is 26.9 Å². The van der Waals surface area contributed by atoms with E-state index in [1.807, 2.05) is 37.3 Å². The topological polar surface area (TPSA) is 99.1 Å². The molecule has 0 bridgehead atoms. The fourth-order valence-electron chi connectivity index (χ4n) is 5.37. The number of hydrogen-bond donors (Lipinski definition) is 1. The van der Waals surface area contributed by atoms with Crippen molar-refractivity contribution in [3.05, 3.63) is 99.0 Å². The summed E-state index contributed by atoms with van der Waals surface area (Å²) in [6, 6.07) is 12.1.